The van der Waals surface area contributed by atoms with E-state index in [0.717, 1.165) is 51.5 Å². The van der Waals surface area contributed by atoms with Crippen molar-refractivity contribution in [2.24, 2.45) is 22.7 Å². The number of benzene rings is 1. The highest BCUT2D eigenvalue weighted by molar-refractivity contribution is 6.22. The van der Waals surface area contributed by atoms with E-state index in [-0.39, 0.29) is 51.1 Å². The molecule has 31 heavy (non-hydrogen) atoms. The van der Waals surface area contributed by atoms with E-state index in [1.165, 1.54) is 11.0 Å². The van der Waals surface area contributed by atoms with Crippen LogP contribution in [0.4, 0.5) is 17.1 Å². The van der Waals surface area contributed by atoms with E-state index < -0.39 is 0 Å². The van der Waals surface area contributed by atoms with Crippen LogP contribution >= 0.6 is 0 Å². The van der Waals surface area contributed by atoms with E-state index in [9.17, 15) is 19.7 Å². The number of rotatable bonds is 3. The second kappa shape index (κ2) is 6.78. The number of nitrogens with zero attached hydrogens (tertiary/aromatic N) is 3. The third-order valence-corrected chi connectivity index (χ3v) is 7.98. The molecule has 4 aliphatic rings. The van der Waals surface area contributed by atoms with Gasteiger partial charge in [0.2, 0.25) is 11.8 Å². The molecule has 2 bridgehead atoms. The average molecular weight is 426 g/mol. The molecule has 5 rings (SSSR count). The fourth-order valence-corrected chi connectivity index (χ4v) is 7.20. The van der Waals surface area contributed by atoms with E-state index >= 15 is 0 Å². The number of fused-ring (bicyclic) bond motifs is 3. The van der Waals surface area contributed by atoms with Gasteiger partial charge in [0.25, 0.3) is 5.69 Å². The Labute approximate surface area is 182 Å². The topological polar surface area (TPSA) is 83.8 Å². The fourth-order valence-electron chi connectivity index (χ4n) is 7.20. The van der Waals surface area contributed by atoms with Crippen LogP contribution in [0.2, 0.25) is 0 Å². The molecule has 2 amide bonds. The number of hydrogen-bond acceptors (Lipinski definition) is 5. The van der Waals surface area contributed by atoms with Crippen LogP contribution in [0.25, 0.3) is 0 Å². The third-order valence-electron chi connectivity index (χ3n) is 7.98. The Kier molecular flexibility index (Phi) is 4.47. The van der Waals surface area contributed by atoms with Crippen LogP contribution in [-0.4, -0.2) is 29.3 Å². The van der Waals surface area contributed by atoms with Gasteiger partial charge in [0, 0.05) is 18.7 Å². The number of nitro benzene ring substituents is 1. The summed E-state index contributed by atoms with van der Waals surface area (Å²) in [6, 6.07) is 5.20. The van der Waals surface area contributed by atoms with Crippen molar-refractivity contribution in [3.63, 3.8) is 0 Å². The van der Waals surface area contributed by atoms with Gasteiger partial charge in [-0.3, -0.25) is 19.7 Å². The van der Waals surface area contributed by atoms with E-state index in [1.807, 2.05) is 0 Å². The van der Waals surface area contributed by atoms with Crippen LogP contribution in [0.15, 0.2) is 18.2 Å². The van der Waals surface area contributed by atoms with Crippen molar-refractivity contribution in [3.8, 4) is 0 Å². The van der Waals surface area contributed by atoms with E-state index in [0.29, 0.717) is 11.4 Å². The van der Waals surface area contributed by atoms with Gasteiger partial charge >= 0.3 is 0 Å². The molecule has 0 aromatic heterocycles. The van der Waals surface area contributed by atoms with Crippen molar-refractivity contribution < 1.29 is 14.5 Å². The number of carbonyl (C=O) groups excluding carboxylic acids is 2. The molecular formula is C24H31N3O4. The lowest BCUT2D eigenvalue weighted by molar-refractivity contribution is -0.384. The second-order valence-corrected chi connectivity index (χ2v) is 11.3. The number of amides is 2. The number of carbonyl (C=O) groups is 2. The molecule has 166 valence electrons. The highest BCUT2D eigenvalue weighted by Gasteiger charge is 2.51. The van der Waals surface area contributed by atoms with Crippen molar-refractivity contribution in [2.45, 2.75) is 71.8 Å². The molecular weight excluding hydrogens is 394 g/mol. The molecule has 2 heterocycles. The fraction of sp³-hybridized carbons (Fsp3) is 0.667. The molecule has 4 atom stereocenters. The zero-order valence-electron chi connectivity index (χ0n) is 18.6. The summed E-state index contributed by atoms with van der Waals surface area (Å²) in [5.41, 5.74) is 1.30. The number of nitro groups is 1. The van der Waals surface area contributed by atoms with E-state index in [4.69, 9.17) is 0 Å². The molecule has 0 N–H and O–H groups in total. The minimum absolute atomic E-state index is 0.0121. The van der Waals surface area contributed by atoms with Gasteiger partial charge in [-0.15, -0.1) is 0 Å². The van der Waals surface area contributed by atoms with E-state index in [1.54, 1.807) is 12.1 Å². The number of hydrogen-bond donors (Lipinski definition) is 0. The molecule has 0 unspecified atom stereocenters. The van der Waals surface area contributed by atoms with Crippen molar-refractivity contribution in [1.82, 2.24) is 0 Å². The van der Waals surface area contributed by atoms with Crippen LogP contribution in [0, 0.1) is 32.8 Å². The molecule has 2 saturated heterocycles. The van der Waals surface area contributed by atoms with Gasteiger partial charge in [-0.25, -0.2) is 4.90 Å². The van der Waals surface area contributed by atoms with Crippen molar-refractivity contribution in [3.05, 3.63) is 28.3 Å². The van der Waals surface area contributed by atoms with Crippen LogP contribution in [0.5, 0.6) is 0 Å². The monoisotopic (exact) mass is 425 g/mol. The van der Waals surface area contributed by atoms with Gasteiger partial charge in [0.05, 0.1) is 22.4 Å². The van der Waals surface area contributed by atoms with Crippen molar-refractivity contribution in [2.75, 3.05) is 16.3 Å². The van der Waals surface area contributed by atoms with Crippen LogP contribution in [-0.2, 0) is 9.59 Å². The van der Waals surface area contributed by atoms with Crippen LogP contribution in [0.1, 0.15) is 65.7 Å². The molecule has 4 fully saturated rings. The molecule has 2 aliphatic carbocycles. The highest BCUT2D eigenvalue weighted by Crippen LogP contribution is 2.54. The van der Waals surface area contributed by atoms with Crippen molar-refractivity contribution in [1.29, 1.82) is 0 Å². The maximum atomic E-state index is 13.0. The maximum absolute atomic E-state index is 13.0. The molecule has 7 heteroatoms. The van der Waals surface area contributed by atoms with Gasteiger partial charge in [-0.05, 0) is 55.1 Å². The highest BCUT2D eigenvalue weighted by atomic mass is 16.6. The Morgan fingerprint density at radius 2 is 1.68 bits per heavy atom. The van der Waals surface area contributed by atoms with Crippen molar-refractivity contribution >= 4 is 28.9 Å². The quantitative estimate of drug-likeness (QED) is 0.399. The minimum atomic E-state index is -0.368. The lowest BCUT2D eigenvalue weighted by Crippen LogP contribution is -2.35. The molecule has 0 radical (unpaired) electrons. The maximum Gasteiger partial charge on any atom is 0.294 e. The lowest BCUT2D eigenvalue weighted by Gasteiger charge is -2.39. The Morgan fingerprint density at radius 3 is 2.29 bits per heavy atom. The predicted octanol–water partition coefficient (Wildman–Crippen LogP) is 4.68. The number of anilines is 2. The summed E-state index contributed by atoms with van der Waals surface area (Å²) in [5, 5.41) is 12.0. The summed E-state index contributed by atoms with van der Waals surface area (Å²) in [7, 11) is 0. The zero-order valence-corrected chi connectivity index (χ0v) is 18.6. The molecule has 2 aliphatic heterocycles. The Morgan fingerprint density at radius 1 is 1.03 bits per heavy atom. The largest absolute Gasteiger partial charge is 0.362 e. The first-order chi connectivity index (χ1) is 14.6. The lowest BCUT2D eigenvalue weighted by atomic mass is 9.65. The van der Waals surface area contributed by atoms with Crippen LogP contribution < -0.4 is 9.80 Å². The first-order valence-corrected chi connectivity index (χ1v) is 11.5. The SMILES string of the molecule is CC1(C)C[C@H]2C[C@@](C)(CN2c2ccc(N3C(=O)[C@H]4CCCC[C@@H]4C3=O)cc2[N+](=O)[O-])C1. The summed E-state index contributed by atoms with van der Waals surface area (Å²) in [6.07, 6.45) is 6.54. The summed E-state index contributed by atoms with van der Waals surface area (Å²) in [4.78, 5) is 41.0. The summed E-state index contributed by atoms with van der Waals surface area (Å²) >= 11 is 0. The van der Waals surface area contributed by atoms with Crippen LogP contribution in [0.3, 0.4) is 0 Å². The smallest absolute Gasteiger partial charge is 0.294 e. The molecule has 2 saturated carbocycles. The standard InChI is InChI=1S/C24H31N3O4/c1-23(2)11-16-12-24(3,13-23)14-25(16)19-9-8-15(10-20(19)27(30)31)26-21(28)17-6-4-5-7-18(17)22(26)29/h8-10,16-18H,4-7,11-14H2,1-3H3/t16-,17-,18-,24+/m0/s1. The molecule has 0 spiro atoms. The summed E-state index contributed by atoms with van der Waals surface area (Å²) < 4.78 is 0. The molecule has 7 nitrogen and oxygen atoms in total. The minimum Gasteiger partial charge on any atom is -0.362 e. The van der Waals surface area contributed by atoms with Gasteiger partial charge in [0.1, 0.15) is 5.69 Å². The Balaban J connectivity index is 1.50. The number of imide groups is 1. The first-order valence-electron chi connectivity index (χ1n) is 11.5. The van der Waals surface area contributed by atoms with Gasteiger partial charge < -0.3 is 4.90 Å². The zero-order chi connectivity index (χ0) is 22.1. The molecule has 1 aromatic rings. The van der Waals surface area contributed by atoms with Gasteiger partial charge in [-0.1, -0.05) is 33.6 Å². The first kappa shape index (κ1) is 20.5. The second-order valence-electron chi connectivity index (χ2n) is 11.3. The Bertz CT molecular complexity index is 950. The summed E-state index contributed by atoms with van der Waals surface area (Å²) in [5.74, 6) is -0.911. The van der Waals surface area contributed by atoms with E-state index in [2.05, 4.69) is 25.7 Å². The molecule has 1 aromatic carbocycles. The predicted molar refractivity (Wildman–Crippen MR) is 118 cm³/mol. The van der Waals surface area contributed by atoms with Gasteiger partial charge in [0.15, 0.2) is 0 Å². The Hall–Kier alpha value is -2.44. The normalized spacial score (nSPS) is 34.2. The van der Waals surface area contributed by atoms with Gasteiger partial charge in [-0.2, -0.15) is 0 Å². The average Bonchev–Trinajstić information content (AvgIpc) is 3.10. The third kappa shape index (κ3) is 3.24. The summed E-state index contributed by atoms with van der Waals surface area (Å²) in [6.45, 7) is 7.64.